The molecule has 0 aromatic carbocycles. The van der Waals surface area contributed by atoms with Gasteiger partial charge in [-0.1, -0.05) is 0 Å². The van der Waals surface area contributed by atoms with E-state index in [0.717, 1.165) is 38.4 Å². The molecule has 96 valence electrons. The van der Waals surface area contributed by atoms with E-state index in [1.54, 1.807) is 6.26 Å². The van der Waals surface area contributed by atoms with Crippen LogP contribution < -0.4 is 5.32 Å². The van der Waals surface area contributed by atoms with Crippen molar-refractivity contribution in [1.29, 1.82) is 0 Å². The van der Waals surface area contributed by atoms with Crippen LogP contribution in [0.25, 0.3) is 0 Å². The van der Waals surface area contributed by atoms with Gasteiger partial charge in [0.15, 0.2) is 0 Å². The zero-order valence-electron chi connectivity index (χ0n) is 10.2. The van der Waals surface area contributed by atoms with Crippen LogP contribution in [0.3, 0.4) is 0 Å². The summed E-state index contributed by atoms with van der Waals surface area (Å²) < 4.78 is 10.8. The first-order chi connectivity index (χ1) is 7.68. The van der Waals surface area contributed by atoms with Crippen LogP contribution in [0.2, 0.25) is 0 Å². The van der Waals surface area contributed by atoms with Gasteiger partial charge in [0.25, 0.3) is 0 Å². The highest BCUT2D eigenvalue weighted by molar-refractivity contribution is 7.84. The maximum Gasteiger partial charge on any atom is 0.0791 e. The van der Waals surface area contributed by atoms with E-state index in [4.69, 9.17) is 0 Å². The second kappa shape index (κ2) is 8.17. The monoisotopic (exact) mass is 248 g/mol. The number of hydrogen-bond acceptors (Lipinski definition) is 4. The van der Waals surface area contributed by atoms with Gasteiger partial charge >= 0.3 is 0 Å². The Morgan fingerprint density at radius 3 is 2.75 bits per heavy atom. The van der Waals surface area contributed by atoms with Gasteiger partial charge in [-0.3, -0.25) is 4.21 Å². The summed E-state index contributed by atoms with van der Waals surface area (Å²) in [5.41, 5.74) is 0. The van der Waals surface area contributed by atoms with Gasteiger partial charge in [0, 0.05) is 35.9 Å². The second-order valence-corrected chi connectivity index (χ2v) is 6.05. The highest BCUT2D eigenvalue weighted by Crippen LogP contribution is 2.07. The molecule has 4 nitrogen and oxygen atoms in total. The molecule has 2 unspecified atom stereocenters. The third-order valence-corrected chi connectivity index (χ3v) is 3.70. The molecule has 0 aromatic rings. The molecule has 5 heteroatoms. The number of likely N-dealkylation sites (tertiary alicyclic amines) is 1. The summed E-state index contributed by atoms with van der Waals surface area (Å²) in [6.07, 6.45) is 4.90. The number of hydrogen-bond donors (Lipinski definition) is 2. The lowest BCUT2D eigenvalue weighted by molar-refractivity contribution is 0.124. The van der Waals surface area contributed by atoms with Gasteiger partial charge in [0.2, 0.25) is 0 Å². The molecule has 1 aliphatic heterocycles. The standard InChI is InChI=1S/C11H24N2O2S/c1-16(15)8-4-5-12-9-11(14)10-13-6-2-3-7-13/h11-12,14H,2-10H2,1H3. The van der Waals surface area contributed by atoms with Gasteiger partial charge in [-0.05, 0) is 38.9 Å². The molecular weight excluding hydrogens is 224 g/mol. The summed E-state index contributed by atoms with van der Waals surface area (Å²) in [4.78, 5) is 2.31. The largest absolute Gasteiger partial charge is 0.390 e. The second-order valence-electron chi connectivity index (χ2n) is 4.50. The van der Waals surface area contributed by atoms with Gasteiger partial charge in [-0.25, -0.2) is 0 Å². The van der Waals surface area contributed by atoms with E-state index in [-0.39, 0.29) is 6.10 Å². The number of β-amino-alcohol motifs (C(OH)–C–C–N with tert-alkyl or cyclic N) is 1. The number of rotatable bonds is 8. The first-order valence-corrected chi connectivity index (χ1v) is 7.82. The van der Waals surface area contributed by atoms with Crippen molar-refractivity contribution in [2.24, 2.45) is 0 Å². The van der Waals surface area contributed by atoms with Crippen LogP contribution in [0.4, 0.5) is 0 Å². The van der Waals surface area contributed by atoms with E-state index in [0.29, 0.717) is 6.54 Å². The van der Waals surface area contributed by atoms with Crippen LogP contribution in [-0.2, 0) is 10.8 Å². The summed E-state index contributed by atoms with van der Waals surface area (Å²) in [5, 5.41) is 13.0. The summed E-state index contributed by atoms with van der Waals surface area (Å²) >= 11 is 0. The third-order valence-electron chi connectivity index (χ3n) is 2.83. The number of aliphatic hydroxyl groups excluding tert-OH is 1. The molecule has 0 amide bonds. The Morgan fingerprint density at radius 1 is 1.44 bits per heavy atom. The van der Waals surface area contributed by atoms with Gasteiger partial charge in [0.1, 0.15) is 0 Å². The summed E-state index contributed by atoms with van der Waals surface area (Å²) in [6, 6.07) is 0. The quantitative estimate of drug-likeness (QED) is 0.584. The first kappa shape index (κ1) is 14.1. The van der Waals surface area contributed by atoms with Crippen LogP contribution in [0.5, 0.6) is 0 Å². The van der Waals surface area contributed by atoms with Crippen molar-refractivity contribution in [3.05, 3.63) is 0 Å². The lowest BCUT2D eigenvalue weighted by atomic mass is 10.3. The Balaban J connectivity index is 1.93. The average Bonchev–Trinajstić information content (AvgIpc) is 2.69. The lowest BCUT2D eigenvalue weighted by Gasteiger charge is -2.19. The molecule has 0 bridgehead atoms. The molecule has 1 aliphatic rings. The Morgan fingerprint density at radius 2 is 2.12 bits per heavy atom. The molecular formula is C11H24N2O2S. The Labute approximate surface area is 101 Å². The Bertz CT molecular complexity index is 208. The fraction of sp³-hybridized carbons (Fsp3) is 1.00. The summed E-state index contributed by atoms with van der Waals surface area (Å²) in [6.45, 7) is 4.54. The van der Waals surface area contributed by atoms with Crippen LogP contribution in [0.15, 0.2) is 0 Å². The fourth-order valence-corrected chi connectivity index (χ4v) is 2.55. The zero-order valence-corrected chi connectivity index (χ0v) is 11.0. The van der Waals surface area contributed by atoms with Gasteiger partial charge in [-0.2, -0.15) is 0 Å². The van der Waals surface area contributed by atoms with Crippen molar-refractivity contribution in [2.45, 2.75) is 25.4 Å². The van der Waals surface area contributed by atoms with Crippen LogP contribution in [0.1, 0.15) is 19.3 Å². The van der Waals surface area contributed by atoms with Crippen molar-refractivity contribution < 1.29 is 9.32 Å². The molecule has 1 rings (SSSR count). The van der Waals surface area contributed by atoms with E-state index in [9.17, 15) is 9.32 Å². The topological polar surface area (TPSA) is 52.6 Å². The predicted molar refractivity (Wildman–Crippen MR) is 68.1 cm³/mol. The minimum absolute atomic E-state index is 0.273. The molecule has 1 heterocycles. The van der Waals surface area contributed by atoms with Crippen molar-refractivity contribution in [3.8, 4) is 0 Å². The summed E-state index contributed by atoms with van der Waals surface area (Å²) in [7, 11) is -0.694. The Hall–Kier alpha value is 0.0300. The molecule has 2 N–H and O–H groups in total. The fourth-order valence-electron chi connectivity index (χ4n) is 2.00. The number of nitrogens with one attached hydrogen (secondary N) is 1. The van der Waals surface area contributed by atoms with Gasteiger partial charge in [0.05, 0.1) is 6.10 Å². The van der Waals surface area contributed by atoms with E-state index < -0.39 is 10.8 Å². The van der Waals surface area contributed by atoms with Crippen molar-refractivity contribution in [1.82, 2.24) is 10.2 Å². The maximum absolute atomic E-state index is 10.8. The minimum Gasteiger partial charge on any atom is -0.390 e. The van der Waals surface area contributed by atoms with E-state index in [1.807, 2.05) is 0 Å². The summed E-state index contributed by atoms with van der Waals surface area (Å²) in [5.74, 6) is 0.745. The molecule has 1 fully saturated rings. The molecule has 0 aliphatic carbocycles. The highest BCUT2D eigenvalue weighted by atomic mass is 32.2. The van der Waals surface area contributed by atoms with Crippen LogP contribution in [0, 0.1) is 0 Å². The molecule has 2 atom stereocenters. The highest BCUT2D eigenvalue weighted by Gasteiger charge is 2.14. The van der Waals surface area contributed by atoms with Crippen LogP contribution >= 0.6 is 0 Å². The number of nitrogens with zero attached hydrogens (tertiary/aromatic N) is 1. The number of aliphatic hydroxyl groups is 1. The SMILES string of the molecule is CS(=O)CCCNCC(O)CN1CCCC1. The smallest absolute Gasteiger partial charge is 0.0791 e. The first-order valence-electron chi connectivity index (χ1n) is 6.09. The van der Waals surface area contributed by atoms with Gasteiger partial charge in [-0.15, -0.1) is 0 Å². The van der Waals surface area contributed by atoms with Crippen molar-refractivity contribution >= 4 is 10.8 Å². The van der Waals surface area contributed by atoms with Gasteiger partial charge < -0.3 is 15.3 Å². The molecule has 0 aromatic heterocycles. The third kappa shape index (κ3) is 6.58. The van der Waals surface area contributed by atoms with E-state index >= 15 is 0 Å². The minimum atomic E-state index is -0.694. The normalized spacial score (nSPS) is 21.1. The zero-order chi connectivity index (χ0) is 11.8. The van der Waals surface area contributed by atoms with Crippen molar-refractivity contribution in [3.63, 3.8) is 0 Å². The van der Waals surface area contributed by atoms with E-state index in [1.165, 1.54) is 12.8 Å². The molecule has 0 saturated carbocycles. The molecule has 1 saturated heterocycles. The average molecular weight is 248 g/mol. The molecule has 0 radical (unpaired) electrons. The lowest BCUT2D eigenvalue weighted by Crippen LogP contribution is -2.37. The predicted octanol–water partition coefficient (Wildman–Crippen LogP) is -0.199. The van der Waals surface area contributed by atoms with E-state index in [2.05, 4.69) is 10.2 Å². The molecule has 0 spiro atoms. The van der Waals surface area contributed by atoms with Crippen LogP contribution in [-0.4, -0.2) is 65.1 Å². The maximum atomic E-state index is 10.8. The molecule has 16 heavy (non-hydrogen) atoms. The van der Waals surface area contributed by atoms with Crippen molar-refractivity contribution in [2.75, 3.05) is 44.7 Å². The Kier molecular flexibility index (Phi) is 7.20.